The highest BCUT2D eigenvalue weighted by Gasteiger charge is 2.43. The van der Waals surface area contributed by atoms with E-state index in [-0.39, 0.29) is 28.7 Å². The molecule has 2 saturated heterocycles. The highest BCUT2D eigenvalue weighted by atomic mass is 32.2. The van der Waals surface area contributed by atoms with Gasteiger partial charge in [-0.05, 0) is 30.4 Å². The number of hydrogen-bond acceptors (Lipinski definition) is 3. The molecule has 0 bridgehead atoms. The van der Waals surface area contributed by atoms with Crippen LogP contribution in [0.2, 0.25) is 0 Å². The maximum atomic E-state index is 13.1. The summed E-state index contributed by atoms with van der Waals surface area (Å²) in [6.45, 7) is 1.31. The highest BCUT2D eigenvalue weighted by molar-refractivity contribution is 7.91. The van der Waals surface area contributed by atoms with E-state index in [4.69, 9.17) is 0 Å². The van der Waals surface area contributed by atoms with Crippen molar-refractivity contribution in [3.63, 3.8) is 0 Å². The van der Waals surface area contributed by atoms with Crippen LogP contribution in [-0.2, 0) is 20.0 Å². The molecule has 2 aliphatic heterocycles. The highest BCUT2D eigenvalue weighted by Crippen LogP contribution is 2.41. The van der Waals surface area contributed by atoms with Gasteiger partial charge in [0.2, 0.25) is 5.91 Å². The predicted octanol–water partition coefficient (Wildman–Crippen LogP) is 3.03. The van der Waals surface area contributed by atoms with Crippen LogP contribution < -0.4 is 0 Å². The lowest BCUT2D eigenvalue weighted by atomic mass is 9.69. The molecule has 4 nitrogen and oxygen atoms in total. The molecule has 1 amide bonds. The van der Waals surface area contributed by atoms with E-state index in [1.54, 1.807) is 0 Å². The van der Waals surface area contributed by atoms with Gasteiger partial charge in [0.25, 0.3) is 0 Å². The second-order valence-corrected chi connectivity index (χ2v) is 10.0. The Morgan fingerprint density at radius 1 is 0.963 bits per heavy atom. The van der Waals surface area contributed by atoms with Crippen molar-refractivity contribution in [2.45, 2.75) is 24.7 Å². The van der Waals surface area contributed by atoms with Crippen LogP contribution in [0, 0.1) is 5.92 Å². The molecule has 4 rings (SSSR count). The first-order valence-electron chi connectivity index (χ1n) is 9.60. The van der Waals surface area contributed by atoms with Gasteiger partial charge in [0.05, 0.1) is 17.4 Å². The van der Waals surface area contributed by atoms with Gasteiger partial charge in [-0.1, -0.05) is 60.7 Å². The van der Waals surface area contributed by atoms with Crippen LogP contribution in [0.25, 0.3) is 0 Å². The monoisotopic (exact) mass is 383 g/mol. The summed E-state index contributed by atoms with van der Waals surface area (Å²) in [6.07, 6.45) is 2.35. The van der Waals surface area contributed by atoms with Gasteiger partial charge < -0.3 is 4.90 Å². The lowest BCUT2D eigenvalue weighted by Crippen LogP contribution is -2.50. The SMILES string of the molecule is O=C([C@@H]1CCS(=O)(=O)C1)N1CCCC(c2ccccc2)(c2ccccc2)C1. The van der Waals surface area contributed by atoms with Gasteiger partial charge in [0.15, 0.2) is 9.84 Å². The van der Waals surface area contributed by atoms with Crippen LogP contribution in [0.15, 0.2) is 60.7 Å². The van der Waals surface area contributed by atoms with E-state index in [0.717, 1.165) is 12.8 Å². The molecule has 0 unspecified atom stereocenters. The molecule has 0 aliphatic carbocycles. The Morgan fingerprint density at radius 2 is 1.56 bits per heavy atom. The molecular formula is C22H25NO3S. The number of benzene rings is 2. The fourth-order valence-corrected chi connectivity index (χ4v) is 6.38. The zero-order chi connectivity index (χ0) is 18.9. The number of sulfone groups is 1. The first kappa shape index (κ1) is 18.2. The summed E-state index contributed by atoms with van der Waals surface area (Å²) in [5, 5.41) is 0. The topological polar surface area (TPSA) is 54.5 Å². The number of piperidine rings is 1. The van der Waals surface area contributed by atoms with Crippen LogP contribution >= 0.6 is 0 Å². The Labute approximate surface area is 161 Å². The first-order valence-corrected chi connectivity index (χ1v) is 11.4. The minimum absolute atomic E-state index is 0.00596. The number of nitrogens with zero attached hydrogens (tertiary/aromatic N) is 1. The molecule has 142 valence electrons. The molecule has 0 N–H and O–H groups in total. The van der Waals surface area contributed by atoms with Gasteiger partial charge in [0, 0.05) is 18.5 Å². The first-order chi connectivity index (χ1) is 13.0. The largest absolute Gasteiger partial charge is 0.341 e. The van der Waals surface area contributed by atoms with Gasteiger partial charge in [0.1, 0.15) is 0 Å². The smallest absolute Gasteiger partial charge is 0.226 e. The van der Waals surface area contributed by atoms with Gasteiger partial charge in [-0.3, -0.25) is 4.79 Å². The predicted molar refractivity (Wildman–Crippen MR) is 106 cm³/mol. The van der Waals surface area contributed by atoms with Crippen LogP contribution in [0.4, 0.5) is 0 Å². The third kappa shape index (κ3) is 3.53. The van der Waals surface area contributed by atoms with Crippen LogP contribution in [-0.4, -0.2) is 43.8 Å². The molecule has 2 aromatic carbocycles. The van der Waals surface area contributed by atoms with E-state index in [1.165, 1.54) is 11.1 Å². The Hall–Kier alpha value is -2.14. The van der Waals surface area contributed by atoms with E-state index >= 15 is 0 Å². The molecular weight excluding hydrogens is 358 g/mol. The number of hydrogen-bond donors (Lipinski definition) is 0. The zero-order valence-corrected chi connectivity index (χ0v) is 16.2. The molecule has 2 heterocycles. The minimum atomic E-state index is -3.06. The summed E-state index contributed by atoms with van der Waals surface area (Å²) < 4.78 is 23.7. The lowest BCUT2D eigenvalue weighted by molar-refractivity contribution is -0.136. The molecule has 0 spiro atoms. The molecule has 27 heavy (non-hydrogen) atoms. The molecule has 0 saturated carbocycles. The van der Waals surface area contributed by atoms with E-state index in [1.807, 2.05) is 41.3 Å². The lowest BCUT2D eigenvalue weighted by Gasteiger charge is -2.44. The van der Waals surface area contributed by atoms with E-state index in [9.17, 15) is 13.2 Å². The fraction of sp³-hybridized carbons (Fsp3) is 0.409. The molecule has 2 fully saturated rings. The second kappa shape index (κ2) is 7.12. The number of amides is 1. The zero-order valence-electron chi connectivity index (χ0n) is 15.4. The van der Waals surface area contributed by atoms with Crippen molar-refractivity contribution in [3.8, 4) is 0 Å². The van der Waals surface area contributed by atoms with Crippen molar-refractivity contribution in [2.24, 2.45) is 5.92 Å². The number of likely N-dealkylation sites (tertiary alicyclic amines) is 1. The van der Waals surface area contributed by atoms with Crippen molar-refractivity contribution in [1.82, 2.24) is 4.90 Å². The third-order valence-electron chi connectivity index (χ3n) is 6.04. The number of carbonyl (C=O) groups is 1. The van der Waals surface area contributed by atoms with Gasteiger partial charge in [-0.2, -0.15) is 0 Å². The summed E-state index contributed by atoms with van der Waals surface area (Å²) in [6, 6.07) is 20.8. The molecule has 5 heteroatoms. The summed E-state index contributed by atoms with van der Waals surface area (Å²) in [7, 11) is -3.06. The number of carbonyl (C=O) groups excluding carboxylic acids is 1. The average Bonchev–Trinajstić information content (AvgIpc) is 3.08. The third-order valence-corrected chi connectivity index (χ3v) is 7.81. The van der Waals surface area contributed by atoms with Crippen molar-refractivity contribution in [2.75, 3.05) is 24.6 Å². The minimum Gasteiger partial charge on any atom is -0.341 e. The second-order valence-electron chi connectivity index (χ2n) is 7.78. The molecule has 2 aliphatic rings. The summed E-state index contributed by atoms with van der Waals surface area (Å²) in [5.41, 5.74) is 2.19. The van der Waals surface area contributed by atoms with Gasteiger partial charge >= 0.3 is 0 Å². The molecule has 2 aromatic rings. The van der Waals surface area contributed by atoms with Crippen molar-refractivity contribution in [1.29, 1.82) is 0 Å². The van der Waals surface area contributed by atoms with Crippen LogP contribution in [0.3, 0.4) is 0 Å². The standard InChI is InChI=1S/C22H25NO3S/c24-21(18-12-15-27(25,26)16-18)23-14-7-13-22(17-23,19-8-3-1-4-9-19)20-10-5-2-6-11-20/h1-6,8-11,18H,7,12-17H2/t18-/m1/s1. The quantitative estimate of drug-likeness (QED) is 0.819. The molecule has 1 atom stereocenters. The Morgan fingerprint density at radius 3 is 2.07 bits per heavy atom. The maximum absolute atomic E-state index is 13.1. The molecule has 0 aromatic heterocycles. The van der Waals surface area contributed by atoms with E-state index < -0.39 is 9.84 Å². The summed E-state index contributed by atoms with van der Waals surface area (Å²) in [4.78, 5) is 15.0. The summed E-state index contributed by atoms with van der Waals surface area (Å²) >= 11 is 0. The Bertz CT molecular complexity index is 870. The normalized spacial score (nSPS) is 23.9. The van der Waals surface area contributed by atoms with Crippen LogP contribution in [0.1, 0.15) is 30.4 Å². The number of rotatable bonds is 3. The Kier molecular flexibility index (Phi) is 4.81. The van der Waals surface area contributed by atoms with E-state index in [2.05, 4.69) is 24.3 Å². The average molecular weight is 384 g/mol. The van der Waals surface area contributed by atoms with Crippen molar-refractivity contribution in [3.05, 3.63) is 71.8 Å². The van der Waals surface area contributed by atoms with Crippen molar-refractivity contribution >= 4 is 15.7 Å². The van der Waals surface area contributed by atoms with Gasteiger partial charge in [-0.25, -0.2) is 8.42 Å². The Balaban J connectivity index is 1.68. The van der Waals surface area contributed by atoms with Crippen molar-refractivity contribution < 1.29 is 13.2 Å². The van der Waals surface area contributed by atoms with Gasteiger partial charge in [-0.15, -0.1) is 0 Å². The summed E-state index contributed by atoms with van der Waals surface area (Å²) in [5.74, 6) is -0.226. The molecule has 0 radical (unpaired) electrons. The van der Waals surface area contributed by atoms with Crippen LogP contribution in [0.5, 0.6) is 0 Å². The fourth-order valence-electron chi connectivity index (χ4n) is 4.64. The maximum Gasteiger partial charge on any atom is 0.226 e. The van der Waals surface area contributed by atoms with E-state index in [0.29, 0.717) is 19.5 Å².